The van der Waals surface area contributed by atoms with Crippen LogP contribution in [-0.2, 0) is 0 Å². The smallest absolute Gasteiger partial charge is 0.201 e. The van der Waals surface area contributed by atoms with Crippen molar-refractivity contribution in [1.82, 2.24) is 0 Å². The molecule has 3 aromatic rings. The molecule has 0 saturated carbocycles. The molecule has 0 atom stereocenters. The Bertz CT molecular complexity index is 1080. The number of hydrogen-bond donors (Lipinski definition) is 0. The molecule has 1 aliphatic rings. The Kier molecular flexibility index (Phi) is 5.46. The molecular weight excluding hydrogens is 400 g/mol. The van der Waals surface area contributed by atoms with Crippen molar-refractivity contribution >= 4 is 11.3 Å². The van der Waals surface area contributed by atoms with Crippen molar-refractivity contribution in [3.63, 3.8) is 0 Å². The van der Waals surface area contributed by atoms with Crippen LogP contribution >= 0.6 is 11.3 Å². The molecule has 4 rings (SSSR count). The van der Waals surface area contributed by atoms with E-state index in [-0.39, 0.29) is 35.0 Å². The SMILES string of the molecule is Cc1ccc(-c2ccc(-c3ccc(OCC4CC=CC4)c(F)c3F)c(F)c2F)s1. The molecule has 2 aromatic carbocycles. The van der Waals surface area contributed by atoms with Crippen molar-refractivity contribution in [2.45, 2.75) is 19.8 Å². The molecular formula is C23H18F4OS. The first-order valence-corrected chi connectivity index (χ1v) is 10.1. The molecule has 6 heteroatoms. The monoisotopic (exact) mass is 418 g/mol. The maximum absolute atomic E-state index is 14.7. The Hall–Kier alpha value is -2.60. The van der Waals surface area contributed by atoms with Crippen LogP contribution in [0.15, 0.2) is 48.6 Å². The summed E-state index contributed by atoms with van der Waals surface area (Å²) in [6, 6.07) is 8.63. The van der Waals surface area contributed by atoms with Gasteiger partial charge in [0.15, 0.2) is 23.2 Å². The van der Waals surface area contributed by atoms with E-state index in [1.54, 1.807) is 12.1 Å². The number of allylic oxidation sites excluding steroid dienone is 2. The second-order valence-corrected chi connectivity index (χ2v) is 8.35. The Morgan fingerprint density at radius 2 is 1.38 bits per heavy atom. The van der Waals surface area contributed by atoms with E-state index in [4.69, 9.17) is 4.74 Å². The molecule has 1 heterocycles. The van der Waals surface area contributed by atoms with Gasteiger partial charge < -0.3 is 4.74 Å². The average Bonchev–Trinajstić information content (AvgIpc) is 3.37. The van der Waals surface area contributed by atoms with Crippen LogP contribution in [0.4, 0.5) is 17.6 Å². The number of thiophene rings is 1. The van der Waals surface area contributed by atoms with Crippen LogP contribution in [0.2, 0.25) is 0 Å². The van der Waals surface area contributed by atoms with E-state index in [1.807, 2.05) is 19.1 Å². The predicted octanol–water partition coefficient (Wildman–Crippen LogP) is 7.29. The maximum atomic E-state index is 14.7. The highest BCUT2D eigenvalue weighted by molar-refractivity contribution is 7.15. The minimum absolute atomic E-state index is 0.0929. The number of hydrogen-bond acceptors (Lipinski definition) is 2. The molecule has 150 valence electrons. The Labute approximate surface area is 170 Å². The topological polar surface area (TPSA) is 9.23 Å². The van der Waals surface area contributed by atoms with Crippen molar-refractivity contribution in [3.8, 4) is 27.3 Å². The molecule has 0 saturated heterocycles. The fraction of sp³-hybridized carbons (Fsp3) is 0.217. The third-order valence-corrected chi connectivity index (χ3v) is 6.04. The molecule has 0 radical (unpaired) electrons. The predicted molar refractivity (Wildman–Crippen MR) is 107 cm³/mol. The van der Waals surface area contributed by atoms with E-state index < -0.39 is 23.3 Å². The molecule has 29 heavy (non-hydrogen) atoms. The minimum Gasteiger partial charge on any atom is -0.490 e. The van der Waals surface area contributed by atoms with Gasteiger partial charge in [0, 0.05) is 26.4 Å². The van der Waals surface area contributed by atoms with Crippen molar-refractivity contribution in [1.29, 1.82) is 0 Å². The lowest BCUT2D eigenvalue weighted by Gasteiger charge is -2.14. The lowest BCUT2D eigenvalue weighted by molar-refractivity contribution is 0.242. The van der Waals surface area contributed by atoms with E-state index in [9.17, 15) is 17.6 Å². The van der Waals surface area contributed by atoms with Gasteiger partial charge in [0.2, 0.25) is 5.82 Å². The zero-order chi connectivity index (χ0) is 20.5. The quantitative estimate of drug-likeness (QED) is 0.312. The highest BCUT2D eigenvalue weighted by Gasteiger charge is 2.22. The molecule has 1 aromatic heterocycles. The van der Waals surface area contributed by atoms with E-state index in [0.717, 1.165) is 17.7 Å². The van der Waals surface area contributed by atoms with Gasteiger partial charge in [0.1, 0.15) is 0 Å². The number of halogens is 4. The van der Waals surface area contributed by atoms with Crippen LogP contribution in [0.3, 0.4) is 0 Å². The molecule has 1 aliphatic carbocycles. The number of rotatable bonds is 5. The van der Waals surface area contributed by atoms with Gasteiger partial charge in [-0.05, 0) is 56.0 Å². The first-order valence-electron chi connectivity index (χ1n) is 9.26. The Morgan fingerprint density at radius 1 is 0.793 bits per heavy atom. The van der Waals surface area contributed by atoms with E-state index in [1.165, 1.54) is 35.6 Å². The molecule has 0 aliphatic heterocycles. The van der Waals surface area contributed by atoms with Crippen LogP contribution in [0.5, 0.6) is 5.75 Å². The zero-order valence-corrected chi connectivity index (χ0v) is 16.5. The first kappa shape index (κ1) is 19.7. The summed E-state index contributed by atoms with van der Waals surface area (Å²) in [5.41, 5.74) is -0.583. The summed E-state index contributed by atoms with van der Waals surface area (Å²) in [6.07, 6.45) is 5.71. The molecule has 1 nitrogen and oxygen atoms in total. The van der Waals surface area contributed by atoms with Crippen LogP contribution < -0.4 is 4.74 Å². The third kappa shape index (κ3) is 3.81. The largest absolute Gasteiger partial charge is 0.490 e. The van der Waals surface area contributed by atoms with Crippen LogP contribution in [0.25, 0.3) is 21.6 Å². The molecule has 0 amide bonds. The molecule has 0 N–H and O–H groups in total. The van der Waals surface area contributed by atoms with Crippen molar-refractivity contribution in [3.05, 3.63) is 76.7 Å². The van der Waals surface area contributed by atoms with E-state index in [2.05, 4.69) is 0 Å². The number of aryl methyl sites for hydroxylation is 1. The maximum Gasteiger partial charge on any atom is 0.201 e. The first-order chi connectivity index (χ1) is 14.0. The standard InChI is InChI=1S/C23H18F4OS/c1-13-6-11-19(29-13)17-8-7-15(20(24)22(17)26)16-9-10-18(23(27)21(16)25)28-12-14-4-2-3-5-14/h2-3,6-11,14H,4-5,12H2,1H3. The fourth-order valence-corrected chi connectivity index (χ4v) is 4.28. The summed E-state index contributed by atoms with van der Waals surface area (Å²) in [5.74, 6) is -4.76. The van der Waals surface area contributed by atoms with Gasteiger partial charge in [0.05, 0.1) is 6.61 Å². The van der Waals surface area contributed by atoms with Crippen LogP contribution in [0, 0.1) is 36.1 Å². The van der Waals surface area contributed by atoms with E-state index >= 15 is 0 Å². The summed E-state index contributed by atoms with van der Waals surface area (Å²) in [7, 11) is 0. The lowest BCUT2D eigenvalue weighted by Crippen LogP contribution is -2.10. The van der Waals surface area contributed by atoms with Gasteiger partial charge in [-0.2, -0.15) is 4.39 Å². The summed E-state index contributed by atoms with van der Waals surface area (Å²) < 4.78 is 63.8. The van der Waals surface area contributed by atoms with Crippen molar-refractivity contribution in [2.24, 2.45) is 5.92 Å². The van der Waals surface area contributed by atoms with Gasteiger partial charge in [-0.3, -0.25) is 0 Å². The second-order valence-electron chi connectivity index (χ2n) is 7.06. The van der Waals surface area contributed by atoms with Gasteiger partial charge >= 0.3 is 0 Å². The summed E-state index contributed by atoms with van der Waals surface area (Å²) in [5, 5.41) is 0. The normalized spacial score (nSPS) is 14.0. The zero-order valence-electron chi connectivity index (χ0n) is 15.6. The minimum atomic E-state index is -1.26. The number of benzene rings is 2. The summed E-state index contributed by atoms with van der Waals surface area (Å²) in [4.78, 5) is 1.53. The van der Waals surface area contributed by atoms with Gasteiger partial charge in [-0.1, -0.05) is 18.2 Å². The Balaban J connectivity index is 1.64. The fourth-order valence-electron chi connectivity index (χ4n) is 3.40. The average molecular weight is 418 g/mol. The highest BCUT2D eigenvalue weighted by Crippen LogP contribution is 2.37. The van der Waals surface area contributed by atoms with Crippen molar-refractivity contribution in [2.75, 3.05) is 6.61 Å². The Morgan fingerprint density at radius 3 is 2.03 bits per heavy atom. The van der Waals surface area contributed by atoms with Crippen LogP contribution in [-0.4, -0.2) is 6.61 Å². The van der Waals surface area contributed by atoms with Crippen molar-refractivity contribution < 1.29 is 22.3 Å². The molecule has 0 bridgehead atoms. The summed E-state index contributed by atoms with van der Waals surface area (Å²) in [6.45, 7) is 2.13. The van der Waals surface area contributed by atoms with Gasteiger partial charge in [-0.15, -0.1) is 11.3 Å². The molecule has 0 fully saturated rings. The number of ether oxygens (including phenoxy) is 1. The highest BCUT2D eigenvalue weighted by atomic mass is 32.1. The van der Waals surface area contributed by atoms with E-state index in [0.29, 0.717) is 4.88 Å². The molecule has 0 unspecified atom stereocenters. The lowest BCUT2D eigenvalue weighted by atomic mass is 10.0. The van der Waals surface area contributed by atoms with Gasteiger partial charge in [-0.25, -0.2) is 13.2 Å². The second kappa shape index (κ2) is 8.03. The molecule has 0 spiro atoms. The third-order valence-electron chi connectivity index (χ3n) is 5.01. The van der Waals surface area contributed by atoms with Crippen LogP contribution in [0.1, 0.15) is 17.7 Å². The summed E-state index contributed by atoms with van der Waals surface area (Å²) >= 11 is 1.33. The van der Waals surface area contributed by atoms with Gasteiger partial charge in [0.25, 0.3) is 0 Å².